The summed E-state index contributed by atoms with van der Waals surface area (Å²) in [6.45, 7) is 4.84. The standard InChI is InChI=1S/C17H18ClFN2O3S/c1-3-21(4-2)17(22)12-6-5-7-14(10-12)20-25(23,24)16-9-8-13(19)11-15(16)18/h5-11,20H,3-4H2,1-2H3. The summed E-state index contributed by atoms with van der Waals surface area (Å²) < 4.78 is 40.4. The molecule has 0 saturated carbocycles. The van der Waals surface area contributed by atoms with Crippen molar-refractivity contribution < 1.29 is 17.6 Å². The Hall–Kier alpha value is -2.12. The Bertz CT molecular complexity index is 883. The first kappa shape index (κ1) is 19.2. The van der Waals surface area contributed by atoms with Gasteiger partial charge in [0.25, 0.3) is 15.9 Å². The molecule has 2 rings (SSSR count). The van der Waals surface area contributed by atoms with Crippen molar-refractivity contribution in [1.29, 1.82) is 0 Å². The van der Waals surface area contributed by atoms with Crippen molar-refractivity contribution in [3.63, 3.8) is 0 Å². The van der Waals surface area contributed by atoms with Crippen molar-refractivity contribution >= 4 is 33.2 Å². The number of carbonyl (C=O) groups excluding carboxylic acids is 1. The molecule has 0 unspecified atom stereocenters. The van der Waals surface area contributed by atoms with Crippen LogP contribution in [0.5, 0.6) is 0 Å². The number of amides is 1. The van der Waals surface area contributed by atoms with E-state index in [0.29, 0.717) is 18.7 Å². The number of rotatable bonds is 6. The molecule has 134 valence electrons. The summed E-state index contributed by atoms with van der Waals surface area (Å²) in [6, 6.07) is 9.20. The second kappa shape index (κ2) is 7.84. The van der Waals surface area contributed by atoms with Gasteiger partial charge in [-0.15, -0.1) is 0 Å². The number of halogens is 2. The van der Waals surface area contributed by atoms with Crippen LogP contribution in [0.3, 0.4) is 0 Å². The second-order valence-corrected chi connectivity index (χ2v) is 7.30. The van der Waals surface area contributed by atoms with E-state index >= 15 is 0 Å². The quantitative estimate of drug-likeness (QED) is 0.824. The van der Waals surface area contributed by atoms with Gasteiger partial charge in [-0.3, -0.25) is 9.52 Å². The van der Waals surface area contributed by atoms with Crippen LogP contribution in [-0.2, 0) is 10.0 Å². The maximum Gasteiger partial charge on any atom is 0.263 e. The van der Waals surface area contributed by atoms with E-state index in [2.05, 4.69) is 4.72 Å². The van der Waals surface area contributed by atoms with Crippen LogP contribution in [0.2, 0.25) is 5.02 Å². The first-order chi connectivity index (χ1) is 11.8. The molecule has 0 aliphatic rings. The van der Waals surface area contributed by atoms with Crippen molar-refractivity contribution in [2.75, 3.05) is 17.8 Å². The highest BCUT2D eigenvalue weighted by Crippen LogP contribution is 2.25. The number of anilines is 1. The van der Waals surface area contributed by atoms with Crippen LogP contribution >= 0.6 is 11.6 Å². The molecule has 1 amide bonds. The summed E-state index contributed by atoms with van der Waals surface area (Å²) in [5, 5.41) is -0.220. The highest BCUT2D eigenvalue weighted by atomic mass is 35.5. The van der Waals surface area contributed by atoms with Gasteiger partial charge in [0.15, 0.2) is 0 Å². The lowest BCUT2D eigenvalue weighted by Gasteiger charge is -2.19. The van der Waals surface area contributed by atoms with Crippen molar-refractivity contribution in [3.05, 3.63) is 58.9 Å². The Balaban J connectivity index is 2.31. The van der Waals surface area contributed by atoms with E-state index in [0.717, 1.165) is 18.2 Å². The average molecular weight is 385 g/mol. The zero-order chi connectivity index (χ0) is 18.6. The number of carbonyl (C=O) groups is 1. The minimum atomic E-state index is -4.01. The van der Waals surface area contributed by atoms with E-state index in [-0.39, 0.29) is 21.5 Å². The van der Waals surface area contributed by atoms with Crippen LogP contribution in [0, 0.1) is 5.82 Å². The van der Waals surface area contributed by atoms with Crippen molar-refractivity contribution in [2.24, 2.45) is 0 Å². The molecule has 0 fully saturated rings. The molecular weight excluding hydrogens is 367 g/mol. The fourth-order valence-electron chi connectivity index (χ4n) is 2.31. The molecule has 0 aliphatic heterocycles. The first-order valence-corrected chi connectivity index (χ1v) is 9.51. The van der Waals surface area contributed by atoms with Crippen molar-refractivity contribution in [1.82, 2.24) is 4.90 Å². The molecule has 5 nitrogen and oxygen atoms in total. The molecule has 2 aromatic rings. The summed E-state index contributed by atoms with van der Waals surface area (Å²) in [4.78, 5) is 13.8. The van der Waals surface area contributed by atoms with Gasteiger partial charge in [0.05, 0.1) is 5.02 Å². The van der Waals surface area contributed by atoms with Crippen LogP contribution in [0.15, 0.2) is 47.4 Å². The molecule has 0 spiro atoms. The maximum atomic E-state index is 13.1. The lowest BCUT2D eigenvalue weighted by atomic mass is 10.2. The van der Waals surface area contributed by atoms with Crippen molar-refractivity contribution in [3.8, 4) is 0 Å². The number of sulfonamides is 1. The summed E-state index contributed by atoms with van der Waals surface area (Å²) in [7, 11) is -4.01. The molecule has 2 aromatic carbocycles. The fourth-order valence-corrected chi connectivity index (χ4v) is 3.89. The molecule has 0 aliphatic carbocycles. The minimum absolute atomic E-state index is 0.189. The number of benzene rings is 2. The van der Waals surface area contributed by atoms with Crippen LogP contribution in [-0.4, -0.2) is 32.3 Å². The number of hydrogen-bond donors (Lipinski definition) is 1. The molecule has 0 heterocycles. The summed E-state index contributed by atoms with van der Waals surface area (Å²) >= 11 is 5.82. The maximum absolute atomic E-state index is 13.1. The summed E-state index contributed by atoms with van der Waals surface area (Å²) in [5.74, 6) is -0.818. The molecule has 0 atom stereocenters. The van der Waals surface area contributed by atoms with Gasteiger partial charge in [0.2, 0.25) is 0 Å². The Kier molecular flexibility index (Phi) is 6.02. The summed E-state index contributed by atoms with van der Waals surface area (Å²) in [5.41, 5.74) is 0.590. The van der Waals surface area contributed by atoms with E-state index in [1.165, 1.54) is 12.1 Å². The lowest BCUT2D eigenvalue weighted by Crippen LogP contribution is -2.30. The predicted octanol–water partition coefficient (Wildman–Crippen LogP) is 3.76. The number of nitrogens with zero attached hydrogens (tertiary/aromatic N) is 1. The largest absolute Gasteiger partial charge is 0.339 e. The fraction of sp³-hybridized carbons (Fsp3) is 0.235. The smallest absolute Gasteiger partial charge is 0.263 e. The van der Waals surface area contributed by atoms with Gasteiger partial charge in [0, 0.05) is 24.3 Å². The molecule has 1 N–H and O–H groups in total. The van der Waals surface area contributed by atoms with E-state index < -0.39 is 15.8 Å². The Morgan fingerprint density at radius 2 is 1.84 bits per heavy atom. The van der Waals surface area contributed by atoms with E-state index in [9.17, 15) is 17.6 Å². The molecular formula is C17H18ClFN2O3S. The first-order valence-electron chi connectivity index (χ1n) is 7.65. The van der Waals surface area contributed by atoms with Crippen molar-refractivity contribution in [2.45, 2.75) is 18.7 Å². The molecule has 0 saturated heterocycles. The topological polar surface area (TPSA) is 66.5 Å². The zero-order valence-electron chi connectivity index (χ0n) is 13.8. The highest BCUT2D eigenvalue weighted by molar-refractivity contribution is 7.92. The normalized spacial score (nSPS) is 11.2. The van der Waals surface area contributed by atoms with Gasteiger partial charge < -0.3 is 4.90 Å². The number of hydrogen-bond acceptors (Lipinski definition) is 3. The van der Waals surface area contributed by atoms with Crippen LogP contribution < -0.4 is 4.72 Å². The van der Waals surface area contributed by atoms with Crippen LogP contribution in [0.25, 0.3) is 0 Å². The van der Waals surface area contributed by atoms with E-state index in [1.807, 2.05) is 13.8 Å². The van der Waals surface area contributed by atoms with Gasteiger partial charge in [-0.05, 0) is 50.2 Å². The SMILES string of the molecule is CCN(CC)C(=O)c1cccc(NS(=O)(=O)c2ccc(F)cc2Cl)c1. The molecule has 25 heavy (non-hydrogen) atoms. The van der Waals surface area contributed by atoms with Gasteiger partial charge in [-0.2, -0.15) is 0 Å². The van der Waals surface area contributed by atoms with Crippen LogP contribution in [0.4, 0.5) is 10.1 Å². The van der Waals surface area contributed by atoms with Gasteiger partial charge >= 0.3 is 0 Å². The molecule has 0 radical (unpaired) electrons. The Labute approximate surface area is 151 Å². The monoisotopic (exact) mass is 384 g/mol. The molecule has 0 bridgehead atoms. The van der Waals surface area contributed by atoms with E-state index in [4.69, 9.17) is 11.6 Å². The van der Waals surface area contributed by atoms with E-state index in [1.54, 1.807) is 17.0 Å². The van der Waals surface area contributed by atoms with Gasteiger partial charge in [-0.1, -0.05) is 17.7 Å². The zero-order valence-corrected chi connectivity index (χ0v) is 15.4. The Morgan fingerprint density at radius 3 is 2.44 bits per heavy atom. The highest BCUT2D eigenvalue weighted by Gasteiger charge is 2.19. The number of nitrogens with one attached hydrogen (secondary N) is 1. The summed E-state index contributed by atoms with van der Waals surface area (Å²) in [6.07, 6.45) is 0. The molecule has 8 heteroatoms. The average Bonchev–Trinajstić information content (AvgIpc) is 2.55. The third-order valence-corrected chi connectivity index (χ3v) is 5.46. The second-order valence-electron chi connectivity index (χ2n) is 5.24. The molecule has 0 aromatic heterocycles. The predicted molar refractivity (Wildman–Crippen MR) is 95.9 cm³/mol. The Morgan fingerprint density at radius 1 is 1.16 bits per heavy atom. The van der Waals surface area contributed by atoms with Gasteiger partial charge in [0.1, 0.15) is 10.7 Å². The third-order valence-electron chi connectivity index (χ3n) is 3.60. The minimum Gasteiger partial charge on any atom is -0.339 e. The third kappa shape index (κ3) is 4.49. The lowest BCUT2D eigenvalue weighted by molar-refractivity contribution is 0.0773. The van der Waals surface area contributed by atoms with Crippen LogP contribution in [0.1, 0.15) is 24.2 Å². The van der Waals surface area contributed by atoms with Gasteiger partial charge in [-0.25, -0.2) is 12.8 Å².